The molecule has 0 aromatic heterocycles. The highest BCUT2D eigenvalue weighted by Gasteiger charge is 2.33. The topological polar surface area (TPSA) is 232 Å². The van der Waals surface area contributed by atoms with Gasteiger partial charge in [0, 0.05) is 6.42 Å². The molecule has 0 heterocycles. The van der Waals surface area contributed by atoms with Crippen molar-refractivity contribution >= 4 is 35.5 Å². The Bertz CT molecular complexity index is 1360. The molecule has 0 spiro atoms. The number of aliphatic hydroxyl groups excluding tert-OH is 1. The summed E-state index contributed by atoms with van der Waals surface area (Å²) in [4.78, 5) is 76.6. The molecule has 14 heteroatoms. The van der Waals surface area contributed by atoms with Crippen molar-refractivity contribution in [1.29, 1.82) is 0 Å². The number of nitrogens with one attached hydrogen (secondary N) is 4. The molecule has 5 atom stereocenters. The second-order valence-electron chi connectivity index (χ2n) is 11.8. The van der Waals surface area contributed by atoms with Gasteiger partial charge < -0.3 is 42.6 Å². The summed E-state index contributed by atoms with van der Waals surface area (Å²) in [7, 11) is 0. The van der Waals surface area contributed by atoms with Gasteiger partial charge in [-0.2, -0.15) is 0 Å². The fourth-order valence-electron chi connectivity index (χ4n) is 4.63. The van der Waals surface area contributed by atoms with Gasteiger partial charge in [0.15, 0.2) is 0 Å². The van der Waals surface area contributed by atoms with Gasteiger partial charge in [-0.25, -0.2) is 4.79 Å². The van der Waals surface area contributed by atoms with Gasteiger partial charge in [-0.3, -0.25) is 24.0 Å². The van der Waals surface area contributed by atoms with E-state index in [0.717, 1.165) is 18.4 Å². The molecule has 0 aliphatic heterocycles. The van der Waals surface area contributed by atoms with E-state index in [1.807, 2.05) is 30.3 Å². The molecule has 2 rings (SSSR count). The number of hydrogen-bond donors (Lipinski definition) is 7. The van der Waals surface area contributed by atoms with E-state index in [9.17, 15) is 28.8 Å². The summed E-state index contributed by atoms with van der Waals surface area (Å²) >= 11 is 0. The summed E-state index contributed by atoms with van der Waals surface area (Å²) in [5, 5.41) is 19.2. The summed E-state index contributed by atoms with van der Waals surface area (Å²) in [5.41, 5.74) is 12.7. The van der Waals surface area contributed by atoms with E-state index in [-0.39, 0.29) is 13.0 Å². The van der Waals surface area contributed by atoms with E-state index in [1.165, 1.54) is 12.5 Å². The minimum Gasteiger partial charge on any atom is -0.464 e. The van der Waals surface area contributed by atoms with Crippen LogP contribution >= 0.6 is 0 Å². The molecule has 48 heavy (non-hydrogen) atoms. The maximum Gasteiger partial charge on any atom is 0.328 e. The Labute approximate surface area is 280 Å². The zero-order chi connectivity index (χ0) is 35.6. The molecule has 0 saturated heterocycles. The van der Waals surface area contributed by atoms with E-state index in [2.05, 4.69) is 21.3 Å². The van der Waals surface area contributed by atoms with Gasteiger partial charge >= 0.3 is 5.97 Å². The van der Waals surface area contributed by atoms with Gasteiger partial charge in [-0.1, -0.05) is 74.5 Å². The highest BCUT2D eigenvalue weighted by molar-refractivity contribution is 5.97. The van der Waals surface area contributed by atoms with Crippen molar-refractivity contribution in [2.24, 2.45) is 17.4 Å². The number of ether oxygens (including phenoxy) is 1. The first kappa shape index (κ1) is 39.4. The number of primary amides is 1. The van der Waals surface area contributed by atoms with Crippen LogP contribution < -0.4 is 32.7 Å². The molecule has 14 nitrogen and oxygen atoms in total. The SMILES string of the molecule is CC(C)[C@H](NC(=O)[C@H](CC(N)=O)NC(=O)[C@@H](N)CO)C(=O)N[C@@H](Cc1ccccc1)C(=O)N[C@@H](C)C(=O)OCCCCc1ccccc1. The summed E-state index contributed by atoms with van der Waals surface area (Å²) < 4.78 is 5.36. The van der Waals surface area contributed by atoms with Crippen molar-refractivity contribution in [3.63, 3.8) is 0 Å². The lowest BCUT2D eigenvalue weighted by atomic mass is 10.00. The Morgan fingerprint density at radius 3 is 1.85 bits per heavy atom. The molecule has 262 valence electrons. The van der Waals surface area contributed by atoms with Crippen LogP contribution in [-0.2, 0) is 46.3 Å². The maximum absolute atomic E-state index is 13.5. The van der Waals surface area contributed by atoms with Crippen molar-refractivity contribution in [1.82, 2.24) is 21.3 Å². The van der Waals surface area contributed by atoms with Gasteiger partial charge in [0.25, 0.3) is 0 Å². The molecule has 0 unspecified atom stereocenters. The third kappa shape index (κ3) is 13.9. The van der Waals surface area contributed by atoms with E-state index < -0.39 is 84.7 Å². The predicted molar refractivity (Wildman–Crippen MR) is 178 cm³/mol. The number of carbonyl (C=O) groups is 6. The summed E-state index contributed by atoms with van der Waals surface area (Å²) in [6.07, 6.45) is 1.79. The Morgan fingerprint density at radius 1 is 0.729 bits per heavy atom. The van der Waals surface area contributed by atoms with Crippen molar-refractivity contribution in [3.8, 4) is 0 Å². The zero-order valence-corrected chi connectivity index (χ0v) is 27.6. The summed E-state index contributed by atoms with van der Waals surface area (Å²) in [6.45, 7) is 4.27. The molecular weight excluding hydrogens is 620 g/mol. The van der Waals surface area contributed by atoms with Crippen molar-refractivity contribution in [2.45, 2.75) is 83.1 Å². The van der Waals surface area contributed by atoms with Gasteiger partial charge in [-0.15, -0.1) is 0 Å². The number of aryl methyl sites for hydroxylation is 1. The quantitative estimate of drug-likeness (QED) is 0.0718. The monoisotopic (exact) mass is 668 g/mol. The van der Waals surface area contributed by atoms with E-state index in [1.54, 1.807) is 44.2 Å². The minimum atomic E-state index is -1.48. The van der Waals surface area contributed by atoms with Crippen LogP contribution in [0.5, 0.6) is 0 Å². The Kier molecular flexibility index (Phi) is 16.7. The second kappa shape index (κ2) is 20.4. The van der Waals surface area contributed by atoms with Gasteiger partial charge in [0.1, 0.15) is 30.2 Å². The van der Waals surface area contributed by atoms with Crippen molar-refractivity contribution in [3.05, 3.63) is 71.8 Å². The van der Waals surface area contributed by atoms with Gasteiger partial charge in [0.05, 0.1) is 19.6 Å². The van der Waals surface area contributed by atoms with E-state index >= 15 is 0 Å². The predicted octanol–water partition coefficient (Wildman–Crippen LogP) is -0.395. The van der Waals surface area contributed by atoms with Crippen molar-refractivity contribution in [2.75, 3.05) is 13.2 Å². The van der Waals surface area contributed by atoms with Crippen LogP contribution in [0.15, 0.2) is 60.7 Å². The molecule has 0 aliphatic rings. The summed E-state index contributed by atoms with van der Waals surface area (Å²) in [5.74, 6) is -5.20. The number of carbonyl (C=O) groups excluding carboxylic acids is 6. The lowest BCUT2D eigenvalue weighted by Crippen LogP contribution is -2.60. The maximum atomic E-state index is 13.5. The smallest absolute Gasteiger partial charge is 0.328 e. The number of esters is 1. The molecular formula is C34H48N6O8. The highest BCUT2D eigenvalue weighted by atomic mass is 16.5. The molecule has 5 amide bonds. The van der Waals surface area contributed by atoms with E-state index in [4.69, 9.17) is 21.3 Å². The Hall–Kier alpha value is -4.82. The molecule has 9 N–H and O–H groups in total. The number of amides is 5. The summed E-state index contributed by atoms with van der Waals surface area (Å²) in [6, 6.07) is 12.6. The lowest BCUT2D eigenvalue weighted by molar-refractivity contribution is -0.147. The van der Waals surface area contributed by atoms with Crippen LogP contribution in [0, 0.1) is 5.92 Å². The first-order valence-corrected chi connectivity index (χ1v) is 15.9. The van der Waals surface area contributed by atoms with Crippen LogP contribution in [0.1, 0.15) is 51.2 Å². The number of unbranched alkanes of at least 4 members (excludes halogenated alkanes) is 1. The third-order valence-electron chi connectivity index (χ3n) is 7.39. The zero-order valence-electron chi connectivity index (χ0n) is 27.6. The number of rotatable bonds is 20. The van der Waals surface area contributed by atoms with E-state index in [0.29, 0.717) is 6.42 Å². The molecule has 0 saturated carbocycles. The average Bonchev–Trinajstić information content (AvgIpc) is 3.06. The van der Waals surface area contributed by atoms with Gasteiger partial charge in [-0.05, 0) is 43.2 Å². The largest absolute Gasteiger partial charge is 0.464 e. The molecule has 2 aromatic carbocycles. The molecule has 2 aromatic rings. The number of benzene rings is 2. The van der Waals surface area contributed by atoms with Crippen LogP contribution in [0.3, 0.4) is 0 Å². The molecule has 0 aliphatic carbocycles. The number of nitrogens with two attached hydrogens (primary N) is 2. The van der Waals surface area contributed by atoms with Crippen LogP contribution in [-0.4, -0.2) is 84.0 Å². The fourth-order valence-corrected chi connectivity index (χ4v) is 4.63. The third-order valence-corrected chi connectivity index (χ3v) is 7.39. The lowest BCUT2D eigenvalue weighted by Gasteiger charge is -2.28. The first-order valence-electron chi connectivity index (χ1n) is 15.9. The Balaban J connectivity index is 2.08. The second-order valence-corrected chi connectivity index (χ2v) is 11.8. The Morgan fingerprint density at radius 2 is 1.29 bits per heavy atom. The van der Waals surface area contributed by atoms with Crippen molar-refractivity contribution < 1.29 is 38.6 Å². The molecule has 0 radical (unpaired) electrons. The molecule has 0 fully saturated rings. The minimum absolute atomic E-state index is 0.0673. The standard InChI is InChI=1S/C34H48N6O8/c1-21(2)29(40-32(45)27(19-28(36)42)38-30(43)25(35)20-41)33(46)39-26(18-24-15-8-5-9-16-24)31(44)37-22(3)34(47)48-17-11-10-14-23-12-6-4-7-13-23/h4-9,12-13,15-16,21-22,25-27,29,41H,10-11,14,17-20,35H2,1-3H3,(H2,36,42)(H,37,44)(H,38,43)(H,39,46)(H,40,45)/t22-,25-,26-,27-,29-/m0/s1. The normalized spacial score (nSPS) is 14.0. The number of aliphatic hydroxyl groups is 1. The average molecular weight is 669 g/mol. The first-order chi connectivity index (χ1) is 22.8. The van der Waals surface area contributed by atoms with Crippen LogP contribution in [0.4, 0.5) is 0 Å². The fraction of sp³-hybridized carbons (Fsp3) is 0.471. The van der Waals surface area contributed by atoms with Crippen LogP contribution in [0.25, 0.3) is 0 Å². The number of hydrogen-bond acceptors (Lipinski definition) is 9. The van der Waals surface area contributed by atoms with Gasteiger partial charge in [0.2, 0.25) is 29.5 Å². The highest BCUT2D eigenvalue weighted by Crippen LogP contribution is 2.09. The van der Waals surface area contributed by atoms with Crippen LogP contribution in [0.2, 0.25) is 0 Å². The molecule has 0 bridgehead atoms.